The Hall–Kier alpha value is -3.72. The number of carbonyl (C=O) groups is 3. The second-order valence-electron chi connectivity index (χ2n) is 6.51. The van der Waals surface area contributed by atoms with Crippen LogP contribution in [0.15, 0.2) is 48.8 Å². The number of aromatic nitrogens is 2. The van der Waals surface area contributed by atoms with Crippen LogP contribution in [0.5, 0.6) is 5.88 Å². The molecule has 0 bridgehead atoms. The standard InChI is InChI=1S/C22H23N3O6/c1-3-30-20(26)14-31-19-9-8-15(12-23-19)24-22(28)21(27)17-13-25(10-11-29-2)18-7-5-4-6-16(17)18/h4-9,12-13H,3,10-11,14H2,1-2H3,(H,24,28). The number of nitrogens with one attached hydrogen (secondary N) is 1. The number of ether oxygens (including phenoxy) is 3. The van der Waals surface area contributed by atoms with Crippen LogP contribution < -0.4 is 10.1 Å². The average Bonchev–Trinajstić information content (AvgIpc) is 3.15. The molecule has 2 aromatic heterocycles. The van der Waals surface area contributed by atoms with Crippen LogP contribution in [0, 0.1) is 0 Å². The van der Waals surface area contributed by atoms with Gasteiger partial charge in [-0.05, 0) is 19.1 Å². The molecule has 0 unspecified atom stereocenters. The Bertz CT molecular complexity index is 1070. The predicted molar refractivity (Wildman–Crippen MR) is 113 cm³/mol. The van der Waals surface area contributed by atoms with Crippen molar-refractivity contribution in [1.82, 2.24) is 9.55 Å². The second-order valence-corrected chi connectivity index (χ2v) is 6.51. The minimum atomic E-state index is -0.781. The number of carbonyl (C=O) groups excluding carboxylic acids is 3. The summed E-state index contributed by atoms with van der Waals surface area (Å²) in [7, 11) is 1.60. The van der Waals surface area contributed by atoms with Gasteiger partial charge in [-0.25, -0.2) is 9.78 Å². The van der Waals surface area contributed by atoms with Crippen LogP contribution in [0.25, 0.3) is 10.9 Å². The van der Waals surface area contributed by atoms with Crippen molar-refractivity contribution in [3.8, 4) is 5.88 Å². The zero-order valence-electron chi connectivity index (χ0n) is 17.3. The first kappa shape index (κ1) is 22.0. The fraction of sp³-hybridized carbons (Fsp3) is 0.273. The Morgan fingerprint density at radius 2 is 1.94 bits per heavy atom. The maximum absolute atomic E-state index is 12.8. The highest BCUT2D eigenvalue weighted by atomic mass is 16.6. The fourth-order valence-corrected chi connectivity index (χ4v) is 2.99. The number of fused-ring (bicyclic) bond motifs is 1. The van der Waals surface area contributed by atoms with E-state index in [2.05, 4.69) is 10.3 Å². The van der Waals surface area contributed by atoms with Gasteiger partial charge < -0.3 is 24.1 Å². The Morgan fingerprint density at radius 1 is 1.13 bits per heavy atom. The van der Waals surface area contributed by atoms with Gasteiger partial charge in [0.15, 0.2) is 6.61 Å². The van der Waals surface area contributed by atoms with Crippen molar-refractivity contribution in [2.45, 2.75) is 13.5 Å². The Labute approximate surface area is 178 Å². The predicted octanol–water partition coefficient (Wildman–Crippen LogP) is 2.45. The molecule has 2 heterocycles. The van der Waals surface area contributed by atoms with Crippen molar-refractivity contribution < 1.29 is 28.6 Å². The SMILES string of the molecule is CCOC(=O)COc1ccc(NC(=O)C(=O)c2cn(CCOC)c3ccccc23)cn1. The molecule has 1 aromatic carbocycles. The summed E-state index contributed by atoms with van der Waals surface area (Å²) in [5.41, 5.74) is 1.48. The Morgan fingerprint density at radius 3 is 2.65 bits per heavy atom. The summed E-state index contributed by atoms with van der Waals surface area (Å²) in [4.78, 5) is 40.7. The summed E-state index contributed by atoms with van der Waals surface area (Å²) in [5.74, 6) is -1.75. The largest absolute Gasteiger partial charge is 0.466 e. The summed E-state index contributed by atoms with van der Waals surface area (Å²) in [6.45, 7) is 2.74. The second kappa shape index (κ2) is 10.4. The third kappa shape index (κ3) is 5.46. The first-order chi connectivity index (χ1) is 15.0. The molecule has 0 aliphatic rings. The van der Waals surface area contributed by atoms with Gasteiger partial charge >= 0.3 is 5.97 Å². The van der Waals surface area contributed by atoms with Crippen molar-refractivity contribution >= 4 is 34.3 Å². The minimum absolute atomic E-state index is 0.193. The number of benzene rings is 1. The average molecular weight is 425 g/mol. The highest BCUT2D eigenvalue weighted by Gasteiger charge is 2.21. The van der Waals surface area contributed by atoms with E-state index in [1.54, 1.807) is 26.3 Å². The van der Waals surface area contributed by atoms with Crippen LogP contribution in [0.4, 0.5) is 5.69 Å². The van der Waals surface area contributed by atoms with E-state index < -0.39 is 17.7 Å². The van der Waals surface area contributed by atoms with E-state index in [1.165, 1.54) is 18.3 Å². The molecule has 0 radical (unpaired) electrons. The summed E-state index contributed by atoms with van der Waals surface area (Å²) in [6, 6.07) is 10.4. The summed E-state index contributed by atoms with van der Waals surface area (Å²) in [6.07, 6.45) is 3.00. The number of anilines is 1. The Kier molecular flexibility index (Phi) is 7.34. The number of methoxy groups -OCH3 is 1. The first-order valence-corrected chi connectivity index (χ1v) is 9.70. The summed E-state index contributed by atoms with van der Waals surface area (Å²) < 4.78 is 17.0. The maximum Gasteiger partial charge on any atom is 0.344 e. The maximum atomic E-state index is 12.8. The number of ketones is 1. The van der Waals surface area contributed by atoms with E-state index in [1.807, 2.05) is 22.8 Å². The van der Waals surface area contributed by atoms with Gasteiger partial charge in [-0.1, -0.05) is 18.2 Å². The first-order valence-electron chi connectivity index (χ1n) is 9.70. The molecule has 1 amide bonds. The normalized spacial score (nSPS) is 10.6. The van der Waals surface area contributed by atoms with E-state index >= 15 is 0 Å². The molecule has 9 nitrogen and oxygen atoms in total. The number of rotatable bonds is 10. The van der Waals surface area contributed by atoms with E-state index in [0.29, 0.717) is 29.8 Å². The van der Waals surface area contributed by atoms with E-state index in [4.69, 9.17) is 14.2 Å². The van der Waals surface area contributed by atoms with Crippen molar-refractivity contribution in [1.29, 1.82) is 0 Å². The van der Waals surface area contributed by atoms with Crippen LogP contribution in [0.3, 0.4) is 0 Å². The molecule has 0 saturated carbocycles. The lowest BCUT2D eigenvalue weighted by Gasteiger charge is -2.07. The van der Waals surface area contributed by atoms with E-state index in [-0.39, 0.29) is 19.1 Å². The number of nitrogens with zero attached hydrogens (tertiary/aromatic N) is 2. The zero-order chi connectivity index (χ0) is 22.2. The van der Waals surface area contributed by atoms with Gasteiger partial charge in [0.25, 0.3) is 11.7 Å². The highest BCUT2D eigenvalue weighted by molar-refractivity contribution is 6.48. The van der Waals surface area contributed by atoms with Gasteiger partial charge in [0.1, 0.15) is 0 Å². The number of pyridine rings is 1. The van der Waals surface area contributed by atoms with Crippen molar-refractivity contribution in [3.05, 3.63) is 54.4 Å². The number of Topliss-reactive ketones (excluding diaryl/α,β-unsaturated/α-hetero) is 1. The minimum Gasteiger partial charge on any atom is -0.466 e. The lowest BCUT2D eigenvalue weighted by atomic mass is 10.1. The molecule has 31 heavy (non-hydrogen) atoms. The molecule has 0 spiro atoms. The number of esters is 1. The molecule has 3 rings (SSSR count). The van der Waals surface area contributed by atoms with Crippen molar-refractivity contribution in [2.24, 2.45) is 0 Å². The fourth-order valence-electron chi connectivity index (χ4n) is 2.99. The van der Waals surface area contributed by atoms with Crippen LogP contribution in [-0.2, 0) is 25.6 Å². The molecule has 0 aliphatic heterocycles. The molecule has 1 N–H and O–H groups in total. The molecule has 0 fully saturated rings. The van der Waals surface area contributed by atoms with E-state index in [0.717, 1.165) is 5.52 Å². The quantitative estimate of drug-likeness (QED) is 0.302. The summed E-state index contributed by atoms with van der Waals surface area (Å²) in [5, 5.41) is 3.23. The third-order valence-electron chi connectivity index (χ3n) is 4.41. The molecule has 162 valence electrons. The molecule has 9 heteroatoms. The number of hydrogen-bond acceptors (Lipinski definition) is 7. The topological polar surface area (TPSA) is 109 Å². The van der Waals surface area contributed by atoms with Crippen molar-refractivity contribution in [2.75, 3.05) is 32.2 Å². The summed E-state index contributed by atoms with van der Waals surface area (Å²) >= 11 is 0. The van der Waals surface area contributed by atoms with Crippen molar-refractivity contribution in [3.63, 3.8) is 0 Å². The van der Waals surface area contributed by atoms with Crippen LogP contribution in [-0.4, -0.2) is 54.1 Å². The number of hydrogen-bond donors (Lipinski definition) is 1. The van der Waals surface area contributed by atoms with Gasteiger partial charge in [0.2, 0.25) is 5.88 Å². The molecular weight excluding hydrogens is 402 g/mol. The molecule has 0 atom stereocenters. The molecule has 3 aromatic rings. The monoisotopic (exact) mass is 425 g/mol. The van der Waals surface area contributed by atoms with Gasteiger partial charge in [-0.15, -0.1) is 0 Å². The third-order valence-corrected chi connectivity index (χ3v) is 4.41. The molecule has 0 aliphatic carbocycles. The molecular formula is C22H23N3O6. The van der Waals surface area contributed by atoms with Crippen LogP contribution >= 0.6 is 0 Å². The number of amides is 1. The van der Waals surface area contributed by atoms with Gasteiger partial charge in [0.05, 0.1) is 30.7 Å². The Balaban J connectivity index is 1.68. The van der Waals surface area contributed by atoms with Gasteiger partial charge in [-0.3, -0.25) is 9.59 Å². The lowest BCUT2D eigenvalue weighted by Crippen LogP contribution is -2.23. The van der Waals surface area contributed by atoms with E-state index in [9.17, 15) is 14.4 Å². The lowest BCUT2D eigenvalue weighted by molar-refractivity contribution is -0.145. The molecule has 0 saturated heterocycles. The van der Waals surface area contributed by atoms with Crippen LogP contribution in [0.2, 0.25) is 0 Å². The van der Waals surface area contributed by atoms with Gasteiger partial charge in [0, 0.05) is 36.8 Å². The smallest absolute Gasteiger partial charge is 0.344 e. The van der Waals surface area contributed by atoms with Gasteiger partial charge in [-0.2, -0.15) is 0 Å². The zero-order valence-corrected chi connectivity index (χ0v) is 17.3. The number of para-hydroxylation sites is 1. The van der Waals surface area contributed by atoms with Crippen LogP contribution in [0.1, 0.15) is 17.3 Å². The highest BCUT2D eigenvalue weighted by Crippen LogP contribution is 2.22.